The van der Waals surface area contributed by atoms with E-state index in [0.29, 0.717) is 23.0 Å². The molecule has 0 aliphatic carbocycles. The maximum absolute atomic E-state index is 13.4. The first-order valence-corrected chi connectivity index (χ1v) is 6.97. The zero-order valence-corrected chi connectivity index (χ0v) is 11.9. The zero-order valence-electron chi connectivity index (χ0n) is 11.9. The van der Waals surface area contributed by atoms with E-state index in [1.807, 2.05) is 6.92 Å². The van der Waals surface area contributed by atoms with Gasteiger partial charge < -0.3 is 5.32 Å². The third-order valence-electron chi connectivity index (χ3n) is 3.21. The third-order valence-corrected chi connectivity index (χ3v) is 3.21. The van der Waals surface area contributed by atoms with Crippen LogP contribution in [0.5, 0.6) is 0 Å². The summed E-state index contributed by atoms with van der Waals surface area (Å²) < 4.78 is 13.4. The minimum atomic E-state index is -0.358. The lowest BCUT2D eigenvalue weighted by Gasteiger charge is -2.09. The van der Waals surface area contributed by atoms with Crippen molar-refractivity contribution in [2.75, 3.05) is 6.54 Å². The fraction of sp³-hybridized carbons (Fsp3) is 0.375. The van der Waals surface area contributed by atoms with Crippen molar-refractivity contribution in [2.24, 2.45) is 0 Å². The minimum absolute atomic E-state index is 0.165. The maximum Gasteiger partial charge on any atom is 0.252 e. The Labute approximate surface area is 118 Å². The van der Waals surface area contributed by atoms with Crippen LogP contribution >= 0.6 is 0 Å². The fourth-order valence-electron chi connectivity index (χ4n) is 2.19. The highest BCUT2D eigenvalue weighted by molar-refractivity contribution is 6.06. The zero-order chi connectivity index (χ0) is 14.5. The predicted molar refractivity (Wildman–Crippen MR) is 78.3 cm³/mol. The van der Waals surface area contributed by atoms with Gasteiger partial charge >= 0.3 is 0 Å². The van der Waals surface area contributed by atoms with Crippen LogP contribution in [0.2, 0.25) is 0 Å². The molecule has 4 heteroatoms. The molecule has 20 heavy (non-hydrogen) atoms. The second-order valence-electron chi connectivity index (χ2n) is 4.94. The molecular weight excluding hydrogens is 255 g/mol. The highest BCUT2D eigenvalue weighted by Crippen LogP contribution is 2.19. The number of unbranched alkanes of at least 4 members (excludes halogenated alkanes) is 2. The first-order chi connectivity index (χ1) is 9.61. The van der Waals surface area contributed by atoms with Gasteiger partial charge in [-0.1, -0.05) is 19.8 Å². The van der Waals surface area contributed by atoms with Crippen molar-refractivity contribution in [1.82, 2.24) is 10.3 Å². The van der Waals surface area contributed by atoms with Crippen LogP contribution in [0.25, 0.3) is 10.9 Å². The molecule has 0 aliphatic heterocycles. The van der Waals surface area contributed by atoms with Crippen molar-refractivity contribution >= 4 is 16.8 Å². The average Bonchev–Trinajstić information content (AvgIpc) is 2.43. The summed E-state index contributed by atoms with van der Waals surface area (Å²) in [4.78, 5) is 16.5. The summed E-state index contributed by atoms with van der Waals surface area (Å²) in [5, 5.41) is 3.44. The molecule has 0 fully saturated rings. The topological polar surface area (TPSA) is 42.0 Å². The fourth-order valence-corrected chi connectivity index (χ4v) is 2.19. The molecular formula is C16H19FN2O. The van der Waals surface area contributed by atoms with Gasteiger partial charge in [0.15, 0.2) is 0 Å². The van der Waals surface area contributed by atoms with E-state index >= 15 is 0 Å². The summed E-state index contributed by atoms with van der Waals surface area (Å²) in [6.07, 6.45) is 3.15. The lowest BCUT2D eigenvalue weighted by molar-refractivity contribution is 0.0954. The summed E-state index contributed by atoms with van der Waals surface area (Å²) in [6.45, 7) is 4.59. The largest absolute Gasteiger partial charge is 0.352 e. The van der Waals surface area contributed by atoms with E-state index in [9.17, 15) is 9.18 Å². The number of halogens is 1. The van der Waals surface area contributed by atoms with Crippen LogP contribution in [0.3, 0.4) is 0 Å². The number of carbonyl (C=O) groups excluding carboxylic acids is 1. The maximum atomic E-state index is 13.4. The lowest BCUT2D eigenvalue weighted by Crippen LogP contribution is -2.24. The van der Waals surface area contributed by atoms with Gasteiger partial charge in [-0.05, 0) is 37.6 Å². The van der Waals surface area contributed by atoms with Gasteiger partial charge in [0, 0.05) is 17.6 Å². The van der Waals surface area contributed by atoms with Gasteiger partial charge in [-0.25, -0.2) is 4.39 Å². The highest BCUT2D eigenvalue weighted by Gasteiger charge is 2.12. The molecule has 0 atom stereocenters. The van der Waals surface area contributed by atoms with E-state index in [2.05, 4.69) is 17.2 Å². The van der Waals surface area contributed by atoms with Crippen molar-refractivity contribution in [3.63, 3.8) is 0 Å². The van der Waals surface area contributed by atoms with Gasteiger partial charge in [0.2, 0.25) is 0 Å². The molecule has 0 saturated heterocycles. The van der Waals surface area contributed by atoms with Crippen LogP contribution in [0, 0.1) is 12.7 Å². The van der Waals surface area contributed by atoms with E-state index in [0.717, 1.165) is 25.0 Å². The number of pyridine rings is 1. The summed E-state index contributed by atoms with van der Waals surface area (Å²) in [5.41, 5.74) is 1.89. The van der Waals surface area contributed by atoms with Gasteiger partial charge in [-0.3, -0.25) is 9.78 Å². The number of carbonyl (C=O) groups is 1. The number of nitrogens with zero attached hydrogens (tertiary/aromatic N) is 1. The number of aromatic nitrogens is 1. The Balaban J connectivity index is 2.27. The van der Waals surface area contributed by atoms with E-state index in [-0.39, 0.29) is 11.7 Å². The van der Waals surface area contributed by atoms with Crippen LogP contribution in [-0.4, -0.2) is 17.4 Å². The van der Waals surface area contributed by atoms with Crippen LogP contribution in [0.1, 0.15) is 42.2 Å². The van der Waals surface area contributed by atoms with Gasteiger partial charge in [-0.2, -0.15) is 0 Å². The molecule has 1 N–H and O–H groups in total. The van der Waals surface area contributed by atoms with Crippen LogP contribution in [0.4, 0.5) is 4.39 Å². The molecule has 0 aliphatic rings. The first kappa shape index (κ1) is 14.4. The van der Waals surface area contributed by atoms with E-state index in [1.54, 1.807) is 12.1 Å². The molecule has 0 unspecified atom stereocenters. The molecule has 1 aromatic heterocycles. The number of amides is 1. The minimum Gasteiger partial charge on any atom is -0.352 e. The Kier molecular flexibility index (Phi) is 4.66. The van der Waals surface area contributed by atoms with Crippen LogP contribution in [-0.2, 0) is 0 Å². The molecule has 1 aromatic carbocycles. The Bertz CT molecular complexity index is 625. The quantitative estimate of drug-likeness (QED) is 0.846. The second kappa shape index (κ2) is 6.46. The Morgan fingerprint density at radius 2 is 2.10 bits per heavy atom. The molecule has 1 heterocycles. The molecule has 0 bridgehead atoms. The number of aryl methyl sites for hydroxylation is 1. The summed E-state index contributed by atoms with van der Waals surface area (Å²) in [6, 6.07) is 6.03. The van der Waals surface area contributed by atoms with Crippen molar-refractivity contribution in [3.8, 4) is 0 Å². The molecule has 0 saturated carbocycles. The molecule has 1 amide bonds. The number of benzene rings is 1. The van der Waals surface area contributed by atoms with E-state index in [4.69, 9.17) is 0 Å². The number of hydrogen-bond donors (Lipinski definition) is 1. The average molecular weight is 274 g/mol. The van der Waals surface area contributed by atoms with E-state index < -0.39 is 0 Å². The first-order valence-electron chi connectivity index (χ1n) is 6.97. The van der Waals surface area contributed by atoms with Crippen molar-refractivity contribution in [1.29, 1.82) is 0 Å². The predicted octanol–water partition coefficient (Wildman–Crippen LogP) is 3.60. The monoisotopic (exact) mass is 274 g/mol. The second-order valence-corrected chi connectivity index (χ2v) is 4.94. The number of hydrogen-bond acceptors (Lipinski definition) is 2. The molecule has 3 nitrogen and oxygen atoms in total. The van der Waals surface area contributed by atoms with Crippen LogP contribution < -0.4 is 5.32 Å². The van der Waals surface area contributed by atoms with Gasteiger partial charge in [0.1, 0.15) is 5.82 Å². The number of rotatable bonds is 5. The molecule has 2 aromatic rings. The Morgan fingerprint density at radius 1 is 1.30 bits per heavy atom. The van der Waals surface area contributed by atoms with Crippen LogP contribution in [0.15, 0.2) is 24.3 Å². The summed E-state index contributed by atoms with van der Waals surface area (Å²) in [5.74, 6) is -0.523. The SMILES string of the molecule is CCCCCNC(=O)c1cc(C)nc2ccc(F)cc12. The normalized spacial score (nSPS) is 10.8. The number of fused-ring (bicyclic) bond motifs is 1. The lowest BCUT2D eigenvalue weighted by atomic mass is 10.1. The smallest absolute Gasteiger partial charge is 0.252 e. The Morgan fingerprint density at radius 3 is 2.85 bits per heavy atom. The van der Waals surface area contributed by atoms with Crippen molar-refractivity contribution in [3.05, 3.63) is 41.3 Å². The van der Waals surface area contributed by atoms with Crippen molar-refractivity contribution in [2.45, 2.75) is 33.1 Å². The highest BCUT2D eigenvalue weighted by atomic mass is 19.1. The summed E-state index contributed by atoms with van der Waals surface area (Å²) >= 11 is 0. The molecule has 0 radical (unpaired) electrons. The Hall–Kier alpha value is -1.97. The summed E-state index contributed by atoms with van der Waals surface area (Å²) in [7, 11) is 0. The van der Waals surface area contributed by atoms with E-state index in [1.165, 1.54) is 12.1 Å². The molecule has 0 spiro atoms. The van der Waals surface area contributed by atoms with Gasteiger partial charge in [0.25, 0.3) is 5.91 Å². The standard InChI is InChI=1S/C16H19FN2O/c1-3-4-5-8-18-16(20)14-9-11(2)19-15-7-6-12(17)10-13(14)15/h6-7,9-10H,3-5,8H2,1-2H3,(H,18,20). The van der Waals surface area contributed by atoms with Gasteiger partial charge in [-0.15, -0.1) is 0 Å². The molecule has 106 valence electrons. The van der Waals surface area contributed by atoms with Gasteiger partial charge in [0.05, 0.1) is 11.1 Å². The third kappa shape index (κ3) is 3.32. The molecule has 2 rings (SSSR count). The van der Waals surface area contributed by atoms with Crippen molar-refractivity contribution < 1.29 is 9.18 Å². The number of nitrogens with one attached hydrogen (secondary N) is 1.